The van der Waals surface area contributed by atoms with Crippen molar-refractivity contribution < 1.29 is 23.4 Å². The lowest BCUT2D eigenvalue weighted by molar-refractivity contribution is -0.149. The molecule has 110 valence electrons. The average molecular weight is 285 g/mol. The number of carbonyl (C=O) groups is 1. The zero-order valence-electron chi connectivity index (χ0n) is 11.2. The first-order valence-electron chi connectivity index (χ1n) is 6.40. The summed E-state index contributed by atoms with van der Waals surface area (Å²) in [7, 11) is 1.43. The molecule has 0 aliphatic heterocycles. The van der Waals surface area contributed by atoms with Crippen molar-refractivity contribution in [1.82, 2.24) is 5.32 Å². The Bertz CT molecular complexity index is 484. The predicted octanol–water partition coefficient (Wildman–Crippen LogP) is 1.82. The van der Waals surface area contributed by atoms with E-state index >= 15 is 0 Å². The van der Waals surface area contributed by atoms with E-state index < -0.39 is 23.0 Å². The van der Waals surface area contributed by atoms with Crippen molar-refractivity contribution >= 4 is 5.91 Å². The van der Waals surface area contributed by atoms with Gasteiger partial charge in [0, 0.05) is 12.1 Å². The Morgan fingerprint density at radius 2 is 2.00 bits per heavy atom. The molecule has 0 aromatic heterocycles. The van der Waals surface area contributed by atoms with Gasteiger partial charge in [-0.15, -0.1) is 0 Å². The van der Waals surface area contributed by atoms with E-state index in [1.54, 1.807) is 0 Å². The fourth-order valence-corrected chi connectivity index (χ4v) is 2.05. The lowest BCUT2D eigenvalue weighted by atomic mass is 9.80. The van der Waals surface area contributed by atoms with Gasteiger partial charge in [-0.25, -0.2) is 0 Å². The Labute approximate surface area is 115 Å². The Kier molecular flexibility index (Phi) is 3.94. The second-order valence-electron chi connectivity index (χ2n) is 5.06. The van der Waals surface area contributed by atoms with Crippen LogP contribution in [0.4, 0.5) is 8.78 Å². The third-order valence-corrected chi connectivity index (χ3v) is 3.60. The van der Waals surface area contributed by atoms with Crippen LogP contribution in [-0.2, 0) is 10.7 Å². The zero-order chi connectivity index (χ0) is 14.8. The second-order valence-corrected chi connectivity index (χ2v) is 5.06. The molecule has 0 bridgehead atoms. The highest BCUT2D eigenvalue weighted by Crippen LogP contribution is 2.32. The highest BCUT2D eigenvalue weighted by molar-refractivity contribution is 5.84. The molecule has 2 rings (SSSR count). The van der Waals surface area contributed by atoms with Crippen molar-refractivity contribution in [2.45, 2.75) is 30.8 Å². The number of benzene rings is 1. The first-order chi connectivity index (χ1) is 9.37. The largest absolute Gasteiger partial charge is 0.497 e. The molecule has 0 spiro atoms. The first-order valence-corrected chi connectivity index (χ1v) is 6.40. The van der Waals surface area contributed by atoms with Crippen LogP contribution in [0.25, 0.3) is 0 Å². The molecule has 0 unspecified atom stereocenters. The van der Waals surface area contributed by atoms with Gasteiger partial charge in [-0.05, 0) is 43.5 Å². The Morgan fingerprint density at radius 3 is 2.45 bits per heavy atom. The van der Waals surface area contributed by atoms with Crippen molar-refractivity contribution in [2.75, 3.05) is 13.7 Å². The number of methoxy groups -OCH3 is 1. The van der Waals surface area contributed by atoms with Crippen LogP contribution >= 0.6 is 0 Å². The average Bonchev–Trinajstić information content (AvgIpc) is 2.42. The molecule has 0 atom stereocenters. The summed E-state index contributed by atoms with van der Waals surface area (Å²) >= 11 is 0. The third-order valence-electron chi connectivity index (χ3n) is 3.60. The summed E-state index contributed by atoms with van der Waals surface area (Å²) in [5, 5.41) is 11.9. The van der Waals surface area contributed by atoms with Gasteiger partial charge in [0.25, 0.3) is 5.91 Å². The molecule has 20 heavy (non-hydrogen) atoms. The lowest BCUT2D eigenvalue weighted by Gasteiger charge is -2.36. The van der Waals surface area contributed by atoms with Gasteiger partial charge in [-0.2, -0.15) is 8.78 Å². The van der Waals surface area contributed by atoms with Crippen molar-refractivity contribution in [3.05, 3.63) is 29.8 Å². The molecule has 1 aromatic rings. The van der Waals surface area contributed by atoms with Gasteiger partial charge in [-0.3, -0.25) is 4.79 Å². The summed E-state index contributed by atoms with van der Waals surface area (Å²) in [4.78, 5) is 11.6. The van der Waals surface area contributed by atoms with Crippen LogP contribution in [-0.4, -0.2) is 30.3 Å². The zero-order valence-corrected chi connectivity index (χ0v) is 11.2. The summed E-state index contributed by atoms with van der Waals surface area (Å²) in [6.07, 6.45) is 1.91. The maximum atomic E-state index is 13.9. The topological polar surface area (TPSA) is 58.6 Å². The van der Waals surface area contributed by atoms with E-state index in [0.717, 1.165) is 18.6 Å². The van der Waals surface area contributed by atoms with Crippen LogP contribution in [0.1, 0.15) is 24.8 Å². The fourth-order valence-electron chi connectivity index (χ4n) is 2.05. The van der Waals surface area contributed by atoms with Crippen LogP contribution in [0, 0.1) is 0 Å². The van der Waals surface area contributed by atoms with Gasteiger partial charge in [-0.1, -0.05) is 0 Å². The van der Waals surface area contributed by atoms with E-state index in [1.165, 1.54) is 19.2 Å². The Hall–Kier alpha value is -1.69. The van der Waals surface area contributed by atoms with E-state index in [0.29, 0.717) is 18.6 Å². The summed E-state index contributed by atoms with van der Waals surface area (Å²) in [6, 6.07) is 5.04. The number of hydrogen-bond donors (Lipinski definition) is 2. The SMILES string of the molecule is COc1ccc(C(F)(F)C(=O)NCC2(O)CCC2)cc1. The molecule has 1 aromatic carbocycles. The molecule has 6 heteroatoms. The van der Waals surface area contributed by atoms with E-state index in [2.05, 4.69) is 5.32 Å². The molecule has 1 amide bonds. The molecule has 1 fully saturated rings. The molecule has 1 aliphatic rings. The van der Waals surface area contributed by atoms with Gasteiger partial charge in [0.1, 0.15) is 5.75 Å². The predicted molar refractivity (Wildman–Crippen MR) is 68.7 cm³/mol. The Balaban J connectivity index is 2.01. The number of rotatable bonds is 5. The normalized spacial score (nSPS) is 17.2. The molecule has 0 radical (unpaired) electrons. The lowest BCUT2D eigenvalue weighted by Crippen LogP contribution is -2.50. The van der Waals surface area contributed by atoms with Gasteiger partial charge in [0.05, 0.1) is 12.7 Å². The quantitative estimate of drug-likeness (QED) is 0.867. The summed E-state index contributed by atoms with van der Waals surface area (Å²) in [6.45, 7) is -0.141. The standard InChI is InChI=1S/C14H17F2NO3/c1-20-11-5-3-10(4-6-11)14(15,16)12(18)17-9-13(19)7-2-8-13/h3-6,19H,2,7-9H2,1H3,(H,17,18). The van der Waals surface area contributed by atoms with Crippen LogP contribution in [0.2, 0.25) is 0 Å². The highest BCUT2D eigenvalue weighted by atomic mass is 19.3. The van der Waals surface area contributed by atoms with E-state index in [1.807, 2.05) is 0 Å². The minimum atomic E-state index is -3.63. The number of hydrogen-bond acceptors (Lipinski definition) is 3. The molecule has 4 nitrogen and oxygen atoms in total. The minimum absolute atomic E-state index is 0.141. The fraction of sp³-hybridized carbons (Fsp3) is 0.500. The number of alkyl halides is 2. The molecular formula is C14H17F2NO3. The van der Waals surface area contributed by atoms with Gasteiger partial charge in [0.2, 0.25) is 0 Å². The van der Waals surface area contributed by atoms with Gasteiger partial charge >= 0.3 is 5.92 Å². The van der Waals surface area contributed by atoms with Crippen LogP contribution < -0.4 is 10.1 Å². The summed E-state index contributed by atoms with van der Waals surface area (Å²) in [5.41, 5.74) is -1.43. The number of aliphatic hydroxyl groups is 1. The molecular weight excluding hydrogens is 268 g/mol. The van der Waals surface area contributed by atoms with Crippen LogP contribution in [0.3, 0.4) is 0 Å². The van der Waals surface area contributed by atoms with Crippen LogP contribution in [0.15, 0.2) is 24.3 Å². The number of carbonyl (C=O) groups excluding carboxylic acids is 1. The first kappa shape index (κ1) is 14.7. The summed E-state index contributed by atoms with van der Waals surface area (Å²) < 4.78 is 32.8. The monoisotopic (exact) mass is 285 g/mol. The third kappa shape index (κ3) is 2.90. The molecule has 1 saturated carbocycles. The minimum Gasteiger partial charge on any atom is -0.497 e. The van der Waals surface area contributed by atoms with Gasteiger partial charge in [0.15, 0.2) is 0 Å². The van der Waals surface area contributed by atoms with Gasteiger partial charge < -0.3 is 15.2 Å². The second kappa shape index (κ2) is 5.36. The maximum absolute atomic E-state index is 13.9. The smallest absolute Gasteiger partial charge is 0.349 e. The number of amides is 1. The number of ether oxygens (including phenoxy) is 1. The molecule has 0 saturated heterocycles. The van der Waals surface area contributed by atoms with Crippen molar-refractivity contribution in [3.8, 4) is 5.75 Å². The van der Waals surface area contributed by atoms with E-state index in [4.69, 9.17) is 4.74 Å². The summed E-state index contributed by atoms with van der Waals surface area (Å²) in [5.74, 6) is -4.59. The molecule has 2 N–H and O–H groups in total. The van der Waals surface area contributed by atoms with Crippen molar-refractivity contribution in [1.29, 1.82) is 0 Å². The van der Waals surface area contributed by atoms with Crippen molar-refractivity contribution in [2.24, 2.45) is 0 Å². The van der Waals surface area contributed by atoms with Crippen LogP contribution in [0.5, 0.6) is 5.75 Å². The maximum Gasteiger partial charge on any atom is 0.349 e. The number of halogens is 2. The highest BCUT2D eigenvalue weighted by Gasteiger charge is 2.43. The van der Waals surface area contributed by atoms with E-state index in [-0.39, 0.29) is 6.54 Å². The van der Waals surface area contributed by atoms with Crippen molar-refractivity contribution in [3.63, 3.8) is 0 Å². The molecule has 0 heterocycles. The number of nitrogens with one attached hydrogen (secondary N) is 1. The van der Waals surface area contributed by atoms with E-state index in [9.17, 15) is 18.7 Å². The Morgan fingerprint density at radius 1 is 1.40 bits per heavy atom. The molecule has 1 aliphatic carbocycles.